The minimum atomic E-state index is -0.140. The fourth-order valence-corrected chi connectivity index (χ4v) is 4.70. The number of para-hydroxylation sites is 3. The van der Waals surface area contributed by atoms with E-state index in [1.165, 1.54) is 0 Å². The van der Waals surface area contributed by atoms with Gasteiger partial charge in [0.25, 0.3) is 0 Å². The van der Waals surface area contributed by atoms with Crippen molar-refractivity contribution in [1.29, 1.82) is 0 Å². The van der Waals surface area contributed by atoms with Gasteiger partial charge in [-0.25, -0.2) is 4.98 Å². The minimum absolute atomic E-state index is 0.0617. The summed E-state index contributed by atoms with van der Waals surface area (Å²) in [5.41, 5.74) is 4.55. The summed E-state index contributed by atoms with van der Waals surface area (Å²) in [5, 5.41) is 9.46. The number of imidazole rings is 1. The maximum atomic E-state index is 12.8. The Labute approximate surface area is 166 Å². The zero-order valence-electron chi connectivity index (χ0n) is 14.9. The molecule has 1 amide bonds. The summed E-state index contributed by atoms with van der Waals surface area (Å²) in [5.74, 6) is 1.44. The smallest absolute Gasteiger partial charge is 0.238 e. The summed E-state index contributed by atoms with van der Waals surface area (Å²) in [6.45, 7) is 0. The molecule has 4 aromatic rings. The normalized spacial score (nSPS) is 16.8. The maximum absolute atomic E-state index is 12.8. The summed E-state index contributed by atoms with van der Waals surface area (Å²) in [4.78, 5) is 22.7. The third-order valence-corrected chi connectivity index (χ3v) is 6.07. The Balaban J connectivity index is 1.62. The number of rotatable bonds is 3. The highest BCUT2D eigenvalue weighted by atomic mass is 32.2. The SMILES string of the molecule is O=C1CSC(c2ccc(O)cc2)N1c1ccccc1-c1nc2ccccc2[nH]1. The number of H-pyrrole nitrogens is 1. The van der Waals surface area contributed by atoms with Gasteiger partial charge in [-0.3, -0.25) is 9.69 Å². The van der Waals surface area contributed by atoms with Crippen molar-refractivity contribution in [3.05, 3.63) is 78.4 Å². The first kappa shape index (κ1) is 16.9. The van der Waals surface area contributed by atoms with E-state index in [0.717, 1.165) is 33.7 Å². The molecule has 1 saturated heterocycles. The van der Waals surface area contributed by atoms with Crippen molar-refractivity contribution in [2.45, 2.75) is 5.37 Å². The molecule has 2 heterocycles. The number of phenols is 1. The summed E-state index contributed by atoms with van der Waals surface area (Å²) in [6.07, 6.45) is 0. The molecule has 1 aliphatic rings. The second kappa shape index (κ2) is 6.73. The average molecular weight is 387 g/mol. The van der Waals surface area contributed by atoms with Crippen molar-refractivity contribution < 1.29 is 9.90 Å². The third-order valence-electron chi connectivity index (χ3n) is 4.85. The van der Waals surface area contributed by atoms with E-state index < -0.39 is 0 Å². The first-order chi connectivity index (χ1) is 13.7. The van der Waals surface area contributed by atoms with Crippen LogP contribution in [0.25, 0.3) is 22.4 Å². The second-order valence-corrected chi connectivity index (χ2v) is 7.71. The van der Waals surface area contributed by atoms with Crippen LogP contribution in [0.4, 0.5) is 5.69 Å². The summed E-state index contributed by atoms with van der Waals surface area (Å²) in [7, 11) is 0. The van der Waals surface area contributed by atoms with Crippen LogP contribution in [0.15, 0.2) is 72.8 Å². The van der Waals surface area contributed by atoms with E-state index >= 15 is 0 Å². The predicted molar refractivity (Wildman–Crippen MR) is 112 cm³/mol. The van der Waals surface area contributed by atoms with Crippen LogP contribution in [-0.2, 0) is 4.79 Å². The highest BCUT2D eigenvalue weighted by Crippen LogP contribution is 2.44. The standard InChI is InChI=1S/C22H17N3O2S/c26-15-11-9-14(10-12-15)22-25(20(27)13-28-22)19-8-4-1-5-16(19)21-23-17-6-2-3-7-18(17)24-21/h1-12,22,26H,13H2,(H,23,24). The summed E-state index contributed by atoms with van der Waals surface area (Å²) in [6, 6.07) is 22.8. The molecule has 1 aromatic heterocycles. The summed E-state index contributed by atoms with van der Waals surface area (Å²) >= 11 is 1.59. The number of fused-ring (bicyclic) bond motifs is 1. The topological polar surface area (TPSA) is 69.2 Å². The van der Waals surface area contributed by atoms with E-state index in [-0.39, 0.29) is 17.0 Å². The highest BCUT2D eigenvalue weighted by molar-refractivity contribution is 8.00. The minimum Gasteiger partial charge on any atom is -0.508 e. The Hall–Kier alpha value is -3.25. The largest absolute Gasteiger partial charge is 0.508 e. The number of thioether (sulfide) groups is 1. The number of phenolic OH excluding ortho intramolecular Hbond substituents is 1. The number of nitrogens with zero attached hydrogens (tertiary/aromatic N) is 2. The van der Waals surface area contributed by atoms with Crippen LogP contribution >= 0.6 is 11.8 Å². The van der Waals surface area contributed by atoms with Crippen LogP contribution < -0.4 is 4.90 Å². The molecule has 138 valence electrons. The van der Waals surface area contributed by atoms with Gasteiger partial charge in [-0.15, -0.1) is 11.8 Å². The number of amides is 1. The molecule has 0 radical (unpaired) electrons. The molecule has 0 spiro atoms. The number of hydrogen-bond donors (Lipinski definition) is 2. The third kappa shape index (κ3) is 2.82. The van der Waals surface area contributed by atoms with Crippen molar-refractivity contribution in [2.75, 3.05) is 10.7 Å². The maximum Gasteiger partial charge on any atom is 0.238 e. The molecule has 1 atom stereocenters. The molecule has 1 unspecified atom stereocenters. The van der Waals surface area contributed by atoms with Gasteiger partial charge in [0, 0.05) is 5.56 Å². The zero-order chi connectivity index (χ0) is 19.1. The fourth-order valence-electron chi connectivity index (χ4n) is 3.53. The molecule has 0 saturated carbocycles. The van der Waals surface area contributed by atoms with Gasteiger partial charge < -0.3 is 10.1 Å². The van der Waals surface area contributed by atoms with E-state index in [1.807, 2.05) is 65.6 Å². The lowest BCUT2D eigenvalue weighted by Crippen LogP contribution is -2.28. The van der Waals surface area contributed by atoms with Crippen LogP contribution in [-0.4, -0.2) is 26.7 Å². The van der Waals surface area contributed by atoms with Crippen molar-refractivity contribution in [3.63, 3.8) is 0 Å². The first-order valence-corrected chi connectivity index (χ1v) is 10.0. The van der Waals surface area contributed by atoms with E-state index in [9.17, 15) is 9.90 Å². The van der Waals surface area contributed by atoms with Gasteiger partial charge in [-0.2, -0.15) is 0 Å². The number of aromatic amines is 1. The van der Waals surface area contributed by atoms with Crippen LogP contribution in [0.2, 0.25) is 0 Å². The zero-order valence-corrected chi connectivity index (χ0v) is 15.7. The second-order valence-electron chi connectivity index (χ2n) is 6.64. The monoisotopic (exact) mass is 387 g/mol. The van der Waals surface area contributed by atoms with Gasteiger partial charge >= 0.3 is 0 Å². The average Bonchev–Trinajstić information content (AvgIpc) is 3.32. The van der Waals surface area contributed by atoms with E-state index in [1.54, 1.807) is 23.9 Å². The molecular weight excluding hydrogens is 370 g/mol. The van der Waals surface area contributed by atoms with E-state index in [0.29, 0.717) is 5.75 Å². The molecule has 1 fully saturated rings. The highest BCUT2D eigenvalue weighted by Gasteiger charge is 2.35. The van der Waals surface area contributed by atoms with E-state index in [2.05, 4.69) is 4.98 Å². The molecular formula is C22H17N3O2S. The van der Waals surface area contributed by atoms with Crippen LogP contribution in [0.1, 0.15) is 10.9 Å². The first-order valence-electron chi connectivity index (χ1n) is 8.97. The Morgan fingerprint density at radius 1 is 1.00 bits per heavy atom. The lowest BCUT2D eigenvalue weighted by Gasteiger charge is -2.26. The number of hydrogen-bond acceptors (Lipinski definition) is 4. The van der Waals surface area contributed by atoms with Gasteiger partial charge in [-0.05, 0) is 42.0 Å². The number of nitrogens with one attached hydrogen (secondary N) is 1. The molecule has 1 aliphatic heterocycles. The Morgan fingerprint density at radius 2 is 1.75 bits per heavy atom. The van der Waals surface area contributed by atoms with Gasteiger partial charge in [0.2, 0.25) is 5.91 Å². The van der Waals surface area contributed by atoms with Crippen molar-refractivity contribution in [1.82, 2.24) is 9.97 Å². The summed E-state index contributed by atoms with van der Waals surface area (Å²) < 4.78 is 0. The lowest BCUT2D eigenvalue weighted by molar-refractivity contribution is -0.115. The number of benzene rings is 3. The molecule has 6 heteroatoms. The Kier molecular flexibility index (Phi) is 4.06. The van der Waals surface area contributed by atoms with Crippen LogP contribution in [0.5, 0.6) is 5.75 Å². The molecule has 3 aromatic carbocycles. The van der Waals surface area contributed by atoms with E-state index in [4.69, 9.17) is 4.98 Å². The van der Waals surface area contributed by atoms with Crippen molar-refractivity contribution in [2.24, 2.45) is 0 Å². The van der Waals surface area contributed by atoms with Gasteiger partial charge in [-0.1, -0.05) is 36.4 Å². The van der Waals surface area contributed by atoms with Crippen molar-refractivity contribution >= 4 is 34.4 Å². The number of carbonyl (C=O) groups is 1. The molecule has 0 bridgehead atoms. The molecule has 28 heavy (non-hydrogen) atoms. The lowest BCUT2D eigenvalue weighted by atomic mass is 10.1. The Bertz CT molecular complexity index is 1140. The van der Waals surface area contributed by atoms with Gasteiger partial charge in [0.15, 0.2) is 0 Å². The fraction of sp³-hybridized carbons (Fsp3) is 0.0909. The quantitative estimate of drug-likeness (QED) is 0.534. The number of anilines is 1. The molecule has 5 nitrogen and oxygen atoms in total. The molecule has 5 rings (SSSR count). The number of carbonyl (C=O) groups excluding carboxylic acids is 1. The molecule has 0 aliphatic carbocycles. The van der Waals surface area contributed by atoms with Crippen LogP contribution in [0, 0.1) is 0 Å². The Morgan fingerprint density at radius 3 is 2.57 bits per heavy atom. The van der Waals surface area contributed by atoms with Gasteiger partial charge in [0.05, 0.1) is 22.5 Å². The molecule has 2 N–H and O–H groups in total. The number of aromatic nitrogens is 2. The number of aromatic hydroxyl groups is 1. The van der Waals surface area contributed by atoms with Crippen LogP contribution in [0.3, 0.4) is 0 Å². The predicted octanol–water partition coefficient (Wildman–Crippen LogP) is 4.71. The van der Waals surface area contributed by atoms with Gasteiger partial charge in [0.1, 0.15) is 16.9 Å². The van der Waals surface area contributed by atoms with Crippen molar-refractivity contribution in [3.8, 4) is 17.1 Å².